The number of benzene rings is 1. The summed E-state index contributed by atoms with van der Waals surface area (Å²) in [4.78, 5) is 31.0. The Bertz CT molecular complexity index is 643. The fourth-order valence-corrected chi connectivity index (χ4v) is 4.51. The van der Waals surface area contributed by atoms with Gasteiger partial charge in [0.15, 0.2) is 5.78 Å². The van der Waals surface area contributed by atoms with Crippen LogP contribution in [0.3, 0.4) is 0 Å². The van der Waals surface area contributed by atoms with E-state index in [2.05, 4.69) is 21.2 Å². The van der Waals surface area contributed by atoms with Crippen molar-refractivity contribution in [2.24, 2.45) is 0 Å². The highest BCUT2D eigenvalue weighted by atomic mass is 79.9. The van der Waals surface area contributed by atoms with Gasteiger partial charge in [0.1, 0.15) is 11.5 Å². The Hall–Kier alpha value is -1.24. The van der Waals surface area contributed by atoms with Crippen LogP contribution in [0.1, 0.15) is 35.4 Å². The highest BCUT2D eigenvalue weighted by molar-refractivity contribution is 9.10. The van der Waals surface area contributed by atoms with Crippen molar-refractivity contribution in [1.82, 2.24) is 10.4 Å². The van der Waals surface area contributed by atoms with Crippen LogP contribution >= 0.6 is 15.9 Å². The minimum absolute atomic E-state index is 0.00627. The monoisotopic (exact) mass is 380 g/mol. The summed E-state index contributed by atoms with van der Waals surface area (Å²) >= 11 is 3.47. The molecule has 2 heterocycles. The molecule has 1 unspecified atom stereocenters. The van der Waals surface area contributed by atoms with Crippen molar-refractivity contribution in [3.8, 4) is 0 Å². The van der Waals surface area contributed by atoms with Gasteiger partial charge in [-0.1, -0.05) is 15.9 Å². The first-order chi connectivity index (χ1) is 10.9. The SMILES string of the molecule is CON1CCC2(CC1)NC(=O)C(c1c(C)cc(Br)cc1C)C2=O. The first kappa shape index (κ1) is 16.6. The second-order valence-corrected chi connectivity index (χ2v) is 7.35. The Labute approximate surface area is 144 Å². The molecule has 0 aromatic heterocycles. The summed E-state index contributed by atoms with van der Waals surface area (Å²) in [7, 11) is 1.63. The van der Waals surface area contributed by atoms with Crippen LogP contribution < -0.4 is 5.32 Å². The molecule has 2 aliphatic rings. The van der Waals surface area contributed by atoms with Gasteiger partial charge in [-0.05, 0) is 55.5 Å². The lowest BCUT2D eigenvalue weighted by Crippen LogP contribution is -2.54. The Morgan fingerprint density at radius 2 is 1.78 bits per heavy atom. The number of hydrogen-bond donors (Lipinski definition) is 1. The van der Waals surface area contributed by atoms with Crippen molar-refractivity contribution < 1.29 is 14.4 Å². The molecule has 1 spiro atoms. The first-order valence-electron chi connectivity index (χ1n) is 7.80. The zero-order valence-corrected chi connectivity index (χ0v) is 15.2. The maximum absolute atomic E-state index is 13.1. The number of rotatable bonds is 2. The van der Waals surface area contributed by atoms with E-state index in [1.54, 1.807) is 7.11 Å². The third-order valence-electron chi connectivity index (χ3n) is 5.04. The quantitative estimate of drug-likeness (QED) is 0.799. The van der Waals surface area contributed by atoms with E-state index in [4.69, 9.17) is 4.84 Å². The van der Waals surface area contributed by atoms with Crippen LogP contribution in [-0.2, 0) is 14.4 Å². The van der Waals surface area contributed by atoms with Crippen molar-refractivity contribution in [3.63, 3.8) is 0 Å². The summed E-state index contributed by atoms with van der Waals surface area (Å²) in [6.07, 6.45) is 1.19. The smallest absolute Gasteiger partial charge is 0.235 e. The zero-order valence-electron chi connectivity index (χ0n) is 13.6. The average Bonchev–Trinajstić information content (AvgIpc) is 2.72. The number of hydrogen-bond acceptors (Lipinski definition) is 4. The zero-order chi connectivity index (χ0) is 16.8. The van der Waals surface area contributed by atoms with Gasteiger partial charge in [0, 0.05) is 17.6 Å². The molecule has 5 nitrogen and oxygen atoms in total. The average molecular weight is 381 g/mol. The number of carbonyl (C=O) groups is 2. The molecule has 2 fully saturated rings. The van der Waals surface area contributed by atoms with Gasteiger partial charge < -0.3 is 10.2 Å². The summed E-state index contributed by atoms with van der Waals surface area (Å²) in [6.45, 7) is 5.19. The van der Waals surface area contributed by atoms with Crippen molar-refractivity contribution in [2.45, 2.75) is 38.1 Å². The number of halogens is 1. The summed E-state index contributed by atoms with van der Waals surface area (Å²) in [5.74, 6) is -0.863. The van der Waals surface area contributed by atoms with E-state index in [0.717, 1.165) is 21.2 Å². The highest BCUT2D eigenvalue weighted by Crippen LogP contribution is 2.39. The van der Waals surface area contributed by atoms with Crippen LogP contribution in [0.5, 0.6) is 0 Å². The van der Waals surface area contributed by atoms with Crippen LogP contribution in [-0.4, -0.2) is 42.5 Å². The molecule has 124 valence electrons. The van der Waals surface area contributed by atoms with E-state index in [1.807, 2.05) is 31.0 Å². The van der Waals surface area contributed by atoms with Gasteiger partial charge in [-0.3, -0.25) is 9.59 Å². The van der Waals surface area contributed by atoms with Gasteiger partial charge in [-0.15, -0.1) is 0 Å². The van der Waals surface area contributed by atoms with Crippen LogP contribution in [0.15, 0.2) is 16.6 Å². The summed E-state index contributed by atoms with van der Waals surface area (Å²) in [5.41, 5.74) is 2.05. The third kappa shape index (κ3) is 2.73. The van der Waals surface area contributed by atoms with Crippen molar-refractivity contribution in [3.05, 3.63) is 33.3 Å². The van der Waals surface area contributed by atoms with Gasteiger partial charge in [0.2, 0.25) is 5.91 Å². The lowest BCUT2D eigenvalue weighted by molar-refractivity contribution is -0.157. The van der Waals surface area contributed by atoms with Gasteiger partial charge in [0.25, 0.3) is 0 Å². The second-order valence-electron chi connectivity index (χ2n) is 6.43. The molecular weight excluding hydrogens is 360 g/mol. The third-order valence-corrected chi connectivity index (χ3v) is 5.50. The van der Waals surface area contributed by atoms with E-state index in [9.17, 15) is 9.59 Å². The Morgan fingerprint density at radius 3 is 2.30 bits per heavy atom. The fraction of sp³-hybridized carbons (Fsp3) is 0.529. The van der Waals surface area contributed by atoms with Gasteiger partial charge in [-0.2, -0.15) is 5.06 Å². The van der Waals surface area contributed by atoms with Crippen molar-refractivity contribution >= 4 is 27.6 Å². The molecule has 1 amide bonds. The van der Waals surface area contributed by atoms with Gasteiger partial charge in [0.05, 0.1) is 7.11 Å². The van der Waals surface area contributed by atoms with Gasteiger partial charge >= 0.3 is 0 Å². The molecule has 2 saturated heterocycles. The predicted molar refractivity (Wildman–Crippen MR) is 90.1 cm³/mol. The number of aryl methyl sites for hydroxylation is 2. The Balaban J connectivity index is 1.94. The molecule has 6 heteroatoms. The molecule has 1 N–H and O–H groups in total. The molecule has 1 aromatic rings. The maximum atomic E-state index is 13.1. The second kappa shape index (κ2) is 6.00. The standard InChI is InChI=1S/C17H21BrN2O3/c1-10-8-12(18)9-11(2)13(10)14-15(21)17(19-16(14)22)4-6-20(23-3)7-5-17/h8-9,14H,4-7H2,1-3H3,(H,19,22). The van der Waals surface area contributed by atoms with E-state index in [0.29, 0.717) is 25.9 Å². The molecule has 1 aromatic carbocycles. The van der Waals surface area contributed by atoms with Crippen LogP contribution in [0.2, 0.25) is 0 Å². The van der Waals surface area contributed by atoms with Crippen LogP contribution in [0.25, 0.3) is 0 Å². The number of carbonyl (C=O) groups excluding carboxylic acids is 2. The van der Waals surface area contributed by atoms with E-state index in [1.165, 1.54) is 0 Å². The Kier molecular flexibility index (Phi) is 4.33. The topological polar surface area (TPSA) is 58.6 Å². The maximum Gasteiger partial charge on any atom is 0.235 e. The molecule has 3 rings (SSSR count). The van der Waals surface area contributed by atoms with Crippen molar-refractivity contribution in [2.75, 3.05) is 20.2 Å². The highest BCUT2D eigenvalue weighted by Gasteiger charge is 2.54. The molecule has 0 aliphatic carbocycles. The molecule has 0 saturated carbocycles. The minimum atomic E-state index is -0.733. The first-order valence-corrected chi connectivity index (χ1v) is 8.59. The summed E-state index contributed by atoms with van der Waals surface area (Å²) in [6, 6.07) is 3.92. The van der Waals surface area contributed by atoms with Gasteiger partial charge in [-0.25, -0.2) is 0 Å². The predicted octanol–water partition coefficient (Wildman–Crippen LogP) is 2.24. The molecule has 0 bridgehead atoms. The largest absolute Gasteiger partial charge is 0.343 e. The van der Waals surface area contributed by atoms with Crippen LogP contribution in [0.4, 0.5) is 0 Å². The number of hydroxylamine groups is 2. The lowest BCUT2D eigenvalue weighted by atomic mass is 9.79. The lowest BCUT2D eigenvalue weighted by Gasteiger charge is -2.36. The summed E-state index contributed by atoms with van der Waals surface area (Å²) in [5, 5.41) is 4.83. The molecule has 1 atom stereocenters. The molecular formula is C17H21BrN2O3. The number of ketones is 1. The summed E-state index contributed by atoms with van der Waals surface area (Å²) < 4.78 is 0.963. The molecule has 2 aliphatic heterocycles. The molecule has 23 heavy (non-hydrogen) atoms. The Morgan fingerprint density at radius 1 is 1.22 bits per heavy atom. The van der Waals surface area contributed by atoms with E-state index >= 15 is 0 Å². The van der Waals surface area contributed by atoms with Crippen LogP contribution in [0, 0.1) is 13.8 Å². The normalized spacial score (nSPS) is 24.3. The number of nitrogens with zero attached hydrogens (tertiary/aromatic N) is 1. The van der Waals surface area contributed by atoms with E-state index in [-0.39, 0.29) is 11.7 Å². The van der Waals surface area contributed by atoms with E-state index < -0.39 is 11.5 Å². The fourth-order valence-electron chi connectivity index (χ4n) is 3.83. The van der Waals surface area contributed by atoms with Crippen molar-refractivity contribution in [1.29, 1.82) is 0 Å². The number of nitrogens with one attached hydrogen (secondary N) is 1. The minimum Gasteiger partial charge on any atom is -0.343 e. The number of piperidine rings is 1. The molecule has 0 radical (unpaired) electrons. The number of Topliss-reactive ketones (excluding diaryl/α,β-unsaturated/α-hetero) is 1. The number of amides is 1.